The molecule has 1 aromatic carbocycles. The van der Waals surface area contributed by atoms with Gasteiger partial charge in [0.15, 0.2) is 3.95 Å². The van der Waals surface area contributed by atoms with Crippen molar-refractivity contribution >= 4 is 40.6 Å². The van der Waals surface area contributed by atoms with Crippen molar-refractivity contribution in [2.75, 3.05) is 11.9 Å². The number of urea groups is 1. The van der Waals surface area contributed by atoms with Gasteiger partial charge in [-0.1, -0.05) is 73.8 Å². The summed E-state index contributed by atoms with van der Waals surface area (Å²) in [6.45, 7) is 0.536. The van der Waals surface area contributed by atoms with E-state index in [9.17, 15) is 9.59 Å². The Hall–Kier alpha value is -2.26. The molecule has 1 atom stereocenters. The number of anilines is 1. The fraction of sp³-hybridized carbons (Fsp3) is 0.500. The van der Waals surface area contributed by atoms with E-state index >= 15 is 0 Å². The average molecular weight is 434 g/mol. The van der Waals surface area contributed by atoms with Crippen LogP contribution in [-0.4, -0.2) is 34.7 Å². The van der Waals surface area contributed by atoms with Crippen molar-refractivity contribution in [2.45, 2.75) is 51.0 Å². The van der Waals surface area contributed by atoms with Crippen LogP contribution in [0.5, 0.6) is 0 Å². The van der Waals surface area contributed by atoms with Crippen LogP contribution in [0.4, 0.5) is 9.93 Å². The lowest BCUT2D eigenvalue weighted by atomic mass is 9.84. The number of hydrogen-bond donors (Lipinski definition) is 4. The third kappa shape index (κ3) is 7.25. The van der Waals surface area contributed by atoms with Crippen molar-refractivity contribution in [2.24, 2.45) is 5.92 Å². The van der Waals surface area contributed by atoms with E-state index in [1.807, 2.05) is 30.3 Å². The van der Waals surface area contributed by atoms with Gasteiger partial charge in [-0.05, 0) is 36.5 Å². The number of amides is 3. The first-order valence-electron chi connectivity index (χ1n) is 10.0. The minimum Gasteiger partial charge on any atom is -0.354 e. The first kappa shape index (κ1) is 21.4. The van der Waals surface area contributed by atoms with Crippen LogP contribution in [0.15, 0.2) is 30.3 Å². The summed E-state index contributed by atoms with van der Waals surface area (Å²) in [5.41, 5.74) is 1.17. The minimum atomic E-state index is -0.569. The summed E-state index contributed by atoms with van der Waals surface area (Å²) in [7, 11) is 0. The number of hydrogen-bond acceptors (Lipinski definition) is 5. The first-order chi connectivity index (χ1) is 14.1. The highest BCUT2D eigenvalue weighted by Gasteiger charge is 2.26. The van der Waals surface area contributed by atoms with Crippen LogP contribution in [0.25, 0.3) is 0 Å². The molecule has 0 unspecified atom stereocenters. The van der Waals surface area contributed by atoms with Gasteiger partial charge in [-0.3, -0.25) is 15.2 Å². The van der Waals surface area contributed by atoms with Crippen LogP contribution < -0.4 is 16.0 Å². The molecule has 1 heterocycles. The summed E-state index contributed by atoms with van der Waals surface area (Å²) < 4.78 is 0.484. The summed E-state index contributed by atoms with van der Waals surface area (Å²) >= 11 is 6.15. The van der Waals surface area contributed by atoms with E-state index < -0.39 is 12.1 Å². The molecule has 1 fully saturated rings. The molecule has 156 valence electrons. The molecule has 0 saturated heterocycles. The van der Waals surface area contributed by atoms with Gasteiger partial charge < -0.3 is 10.6 Å². The molecule has 1 aliphatic rings. The minimum absolute atomic E-state index is 0.142. The standard InChI is InChI=1S/C20H27N5O2S2/c26-17(21-12-11-14-7-3-1-4-8-14)16(13-15-9-5-2-6-10-15)22-18(27)23-19-24-25-20(28)29-19/h1,3-4,7-8,15-16H,2,5-6,9-13H2,(H,21,26)(H,25,28)(H2,22,23,24,27)/t16-/m0/s1. The molecule has 0 radical (unpaired) electrons. The summed E-state index contributed by atoms with van der Waals surface area (Å²) in [5, 5.41) is 15.4. The van der Waals surface area contributed by atoms with E-state index in [-0.39, 0.29) is 5.91 Å². The number of rotatable bonds is 8. The van der Waals surface area contributed by atoms with E-state index in [0.29, 0.717) is 28.0 Å². The van der Waals surface area contributed by atoms with Crippen LogP contribution in [0.2, 0.25) is 0 Å². The largest absolute Gasteiger partial charge is 0.354 e. The Balaban J connectivity index is 1.55. The molecule has 3 amide bonds. The van der Waals surface area contributed by atoms with Crippen molar-refractivity contribution in [3.8, 4) is 0 Å². The first-order valence-corrected chi connectivity index (χ1v) is 11.3. The lowest BCUT2D eigenvalue weighted by Crippen LogP contribution is -2.49. The maximum absolute atomic E-state index is 12.8. The van der Waals surface area contributed by atoms with Gasteiger partial charge >= 0.3 is 6.03 Å². The zero-order chi connectivity index (χ0) is 20.5. The smallest absolute Gasteiger partial charge is 0.321 e. The van der Waals surface area contributed by atoms with Gasteiger partial charge in [-0.15, -0.1) is 5.10 Å². The molecule has 0 aliphatic heterocycles. The molecule has 7 nitrogen and oxygen atoms in total. The molecule has 2 aromatic rings. The highest BCUT2D eigenvalue weighted by Crippen LogP contribution is 2.27. The predicted molar refractivity (Wildman–Crippen MR) is 118 cm³/mol. The second-order valence-electron chi connectivity index (χ2n) is 7.34. The SMILES string of the molecule is O=C(Nc1n[nH]c(=S)s1)N[C@@H](CC1CCCCC1)C(=O)NCCc1ccccc1. The number of carbonyl (C=O) groups excluding carboxylic acids is 2. The Morgan fingerprint density at radius 1 is 1.21 bits per heavy atom. The molecule has 3 rings (SSSR count). The molecule has 0 spiro atoms. The van der Waals surface area contributed by atoms with Crippen LogP contribution in [0.1, 0.15) is 44.1 Å². The summed E-state index contributed by atoms with van der Waals surface area (Å²) in [5.74, 6) is 0.317. The zero-order valence-electron chi connectivity index (χ0n) is 16.3. The van der Waals surface area contributed by atoms with Gasteiger partial charge in [0.1, 0.15) is 6.04 Å². The highest BCUT2D eigenvalue weighted by molar-refractivity contribution is 7.73. The molecule has 1 aliphatic carbocycles. The van der Waals surface area contributed by atoms with E-state index in [0.717, 1.165) is 19.3 Å². The van der Waals surface area contributed by atoms with Crippen LogP contribution in [0, 0.1) is 9.87 Å². The third-order valence-corrected chi connectivity index (χ3v) is 6.13. The lowest BCUT2D eigenvalue weighted by molar-refractivity contribution is -0.123. The summed E-state index contributed by atoms with van der Waals surface area (Å²) in [4.78, 5) is 25.2. The van der Waals surface area contributed by atoms with E-state index in [4.69, 9.17) is 12.2 Å². The van der Waals surface area contributed by atoms with Crippen molar-refractivity contribution in [3.05, 3.63) is 39.8 Å². The van der Waals surface area contributed by atoms with Crippen molar-refractivity contribution in [1.82, 2.24) is 20.8 Å². The number of nitrogens with zero attached hydrogens (tertiary/aromatic N) is 1. The molecule has 0 bridgehead atoms. The molecule has 29 heavy (non-hydrogen) atoms. The van der Waals surface area contributed by atoms with Crippen LogP contribution >= 0.6 is 23.6 Å². The maximum Gasteiger partial charge on any atom is 0.321 e. The van der Waals surface area contributed by atoms with E-state index in [1.165, 1.54) is 36.2 Å². The van der Waals surface area contributed by atoms with Crippen molar-refractivity contribution < 1.29 is 9.59 Å². The molecule has 9 heteroatoms. The molecule has 1 saturated carbocycles. The van der Waals surface area contributed by atoms with Gasteiger partial charge in [0.25, 0.3) is 0 Å². The predicted octanol–water partition coefficient (Wildman–Crippen LogP) is 4.02. The van der Waals surface area contributed by atoms with E-state index in [2.05, 4.69) is 26.1 Å². The lowest BCUT2D eigenvalue weighted by Gasteiger charge is -2.26. The molecule has 1 aromatic heterocycles. The van der Waals surface area contributed by atoms with Crippen molar-refractivity contribution in [3.63, 3.8) is 0 Å². The normalized spacial score (nSPS) is 15.4. The van der Waals surface area contributed by atoms with Gasteiger partial charge in [-0.2, -0.15) is 0 Å². The molecular weight excluding hydrogens is 406 g/mol. The number of H-pyrrole nitrogens is 1. The topological polar surface area (TPSA) is 98.9 Å². The fourth-order valence-corrected chi connectivity index (χ4v) is 4.44. The Bertz CT molecular complexity index is 846. The van der Waals surface area contributed by atoms with Crippen molar-refractivity contribution in [1.29, 1.82) is 0 Å². The Morgan fingerprint density at radius 3 is 2.66 bits per heavy atom. The van der Waals surface area contributed by atoms with Gasteiger partial charge in [0.05, 0.1) is 0 Å². The second-order valence-corrected chi connectivity index (χ2v) is 9.00. The average Bonchev–Trinajstić information content (AvgIpc) is 3.13. The monoisotopic (exact) mass is 433 g/mol. The van der Waals surface area contributed by atoms with Gasteiger partial charge in [0, 0.05) is 6.54 Å². The number of aromatic amines is 1. The molecule has 4 N–H and O–H groups in total. The van der Waals surface area contributed by atoms with Crippen LogP contribution in [-0.2, 0) is 11.2 Å². The maximum atomic E-state index is 12.8. The Kier molecular flexibility index (Phi) is 8.18. The van der Waals surface area contributed by atoms with Crippen LogP contribution in [0.3, 0.4) is 0 Å². The number of benzene rings is 1. The number of aromatic nitrogens is 2. The fourth-order valence-electron chi connectivity index (χ4n) is 3.66. The number of carbonyl (C=O) groups is 2. The second kappa shape index (κ2) is 11.1. The van der Waals surface area contributed by atoms with E-state index in [1.54, 1.807) is 0 Å². The quantitative estimate of drug-likeness (QED) is 0.473. The summed E-state index contributed by atoms with van der Waals surface area (Å²) in [6, 6.07) is 9.01. The van der Waals surface area contributed by atoms with Gasteiger partial charge in [0.2, 0.25) is 11.0 Å². The third-order valence-electron chi connectivity index (χ3n) is 5.13. The molecular formula is C20H27N5O2S2. The Labute approximate surface area is 179 Å². The van der Waals surface area contributed by atoms with Gasteiger partial charge in [-0.25, -0.2) is 4.79 Å². The number of nitrogens with one attached hydrogen (secondary N) is 4. The summed E-state index contributed by atoms with van der Waals surface area (Å²) in [6.07, 6.45) is 7.26. The Morgan fingerprint density at radius 2 is 1.97 bits per heavy atom. The zero-order valence-corrected chi connectivity index (χ0v) is 17.9. The highest BCUT2D eigenvalue weighted by atomic mass is 32.1.